The summed E-state index contributed by atoms with van der Waals surface area (Å²) in [6, 6.07) is 1.66. The Kier molecular flexibility index (Phi) is 3.82. The Morgan fingerprint density at radius 3 is 3.06 bits per heavy atom. The molecule has 16 heavy (non-hydrogen) atoms. The number of carbonyl (C=O) groups excluding carboxylic acids is 1. The van der Waals surface area contributed by atoms with E-state index in [0.717, 1.165) is 45.0 Å². The molecule has 1 fully saturated rings. The molecule has 0 unspecified atom stereocenters. The number of aromatic nitrogens is 1. The first-order valence-corrected chi connectivity index (χ1v) is 5.22. The second kappa shape index (κ2) is 5.55. The van der Waals surface area contributed by atoms with Crippen molar-refractivity contribution in [1.29, 1.82) is 0 Å². The molecule has 0 bridgehead atoms. The highest BCUT2D eigenvalue weighted by Gasteiger charge is 2.11. The molecular weight excluding hydrogens is 210 g/mol. The minimum absolute atomic E-state index is 0.215. The lowest BCUT2D eigenvalue weighted by molar-refractivity contribution is 0.0382. The van der Waals surface area contributed by atoms with Crippen molar-refractivity contribution in [1.82, 2.24) is 10.1 Å². The van der Waals surface area contributed by atoms with Gasteiger partial charge in [-0.05, 0) is 0 Å². The van der Waals surface area contributed by atoms with Gasteiger partial charge in [0.1, 0.15) is 0 Å². The number of aliphatic imine (C=N–C) groups is 1. The molecule has 0 N–H and O–H groups in total. The van der Waals surface area contributed by atoms with Crippen LogP contribution in [0.3, 0.4) is 0 Å². The van der Waals surface area contributed by atoms with Crippen molar-refractivity contribution in [2.75, 3.05) is 32.8 Å². The van der Waals surface area contributed by atoms with E-state index in [0.29, 0.717) is 0 Å². The second-order valence-corrected chi connectivity index (χ2v) is 3.56. The summed E-state index contributed by atoms with van der Waals surface area (Å²) in [5.74, 6) is 0.215. The molecule has 1 saturated heterocycles. The van der Waals surface area contributed by atoms with E-state index in [1.165, 1.54) is 6.08 Å². The maximum atomic E-state index is 9.99. The average Bonchev–Trinajstić information content (AvgIpc) is 2.76. The van der Waals surface area contributed by atoms with Gasteiger partial charge in [-0.1, -0.05) is 5.16 Å². The fraction of sp³-hybridized carbons (Fsp3) is 0.600. The van der Waals surface area contributed by atoms with E-state index in [9.17, 15) is 4.79 Å². The predicted molar refractivity (Wildman–Crippen MR) is 55.2 cm³/mol. The number of rotatable bonds is 4. The Labute approximate surface area is 92.9 Å². The molecule has 0 aromatic carbocycles. The summed E-state index contributed by atoms with van der Waals surface area (Å²) in [5.41, 5.74) is 0.806. The Morgan fingerprint density at radius 1 is 1.50 bits per heavy atom. The number of hydrogen-bond acceptors (Lipinski definition) is 6. The molecule has 6 heteroatoms. The van der Waals surface area contributed by atoms with E-state index in [2.05, 4.69) is 15.0 Å². The molecule has 0 radical (unpaired) electrons. The first kappa shape index (κ1) is 11.0. The molecule has 2 rings (SSSR count). The quantitative estimate of drug-likeness (QED) is 0.549. The van der Waals surface area contributed by atoms with E-state index >= 15 is 0 Å². The molecule has 0 amide bonds. The van der Waals surface area contributed by atoms with Gasteiger partial charge in [0.15, 0.2) is 0 Å². The van der Waals surface area contributed by atoms with Gasteiger partial charge in [-0.25, -0.2) is 4.79 Å². The van der Waals surface area contributed by atoms with Gasteiger partial charge in [0.05, 0.1) is 18.9 Å². The Morgan fingerprint density at radius 2 is 2.31 bits per heavy atom. The molecule has 2 heterocycles. The zero-order chi connectivity index (χ0) is 11.2. The lowest BCUT2D eigenvalue weighted by atomic mass is 10.3. The first-order chi connectivity index (χ1) is 7.88. The number of ether oxygens (including phenoxy) is 1. The van der Waals surface area contributed by atoms with Crippen LogP contribution in [0.2, 0.25) is 0 Å². The van der Waals surface area contributed by atoms with Crippen LogP contribution >= 0.6 is 0 Å². The molecule has 6 nitrogen and oxygen atoms in total. The molecule has 1 aromatic heterocycles. The fourth-order valence-corrected chi connectivity index (χ4v) is 1.61. The van der Waals surface area contributed by atoms with Gasteiger partial charge < -0.3 is 9.26 Å². The highest BCUT2D eigenvalue weighted by Crippen LogP contribution is 2.13. The van der Waals surface area contributed by atoms with E-state index in [4.69, 9.17) is 9.26 Å². The summed E-state index contributed by atoms with van der Waals surface area (Å²) in [5, 5.41) is 3.81. The lowest BCUT2D eigenvalue weighted by Crippen LogP contribution is -2.37. The number of morpholine rings is 1. The molecular formula is C10H13N3O3. The Balaban J connectivity index is 1.81. The van der Waals surface area contributed by atoms with Gasteiger partial charge in [0, 0.05) is 32.1 Å². The first-order valence-electron chi connectivity index (χ1n) is 5.22. The van der Waals surface area contributed by atoms with Crippen LogP contribution in [0.1, 0.15) is 5.69 Å². The third-order valence-corrected chi connectivity index (χ3v) is 2.49. The van der Waals surface area contributed by atoms with Crippen molar-refractivity contribution in [3.05, 3.63) is 11.8 Å². The van der Waals surface area contributed by atoms with Gasteiger partial charge in [-0.2, -0.15) is 0 Å². The summed E-state index contributed by atoms with van der Waals surface area (Å²) in [4.78, 5) is 15.6. The minimum atomic E-state index is 0.215. The van der Waals surface area contributed by atoms with Crippen molar-refractivity contribution in [2.24, 2.45) is 4.99 Å². The Hall–Kier alpha value is -1.49. The smallest absolute Gasteiger partial charge is 0.261 e. The van der Waals surface area contributed by atoms with Crippen LogP contribution in [0.5, 0.6) is 0 Å². The third-order valence-electron chi connectivity index (χ3n) is 2.49. The fourth-order valence-electron chi connectivity index (χ4n) is 1.61. The highest BCUT2D eigenvalue weighted by molar-refractivity contribution is 5.42. The van der Waals surface area contributed by atoms with Gasteiger partial charge in [-0.15, -0.1) is 4.99 Å². The number of isocyanates is 1. The highest BCUT2D eigenvalue weighted by atomic mass is 16.5. The van der Waals surface area contributed by atoms with Gasteiger partial charge >= 0.3 is 0 Å². The summed E-state index contributed by atoms with van der Waals surface area (Å²) < 4.78 is 10.1. The van der Waals surface area contributed by atoms with Gasteiger partial charge in [0.2, 0.25) is 6.08 Å². The van der Waals surface area contributed by atoms with Gasteiger partial charge in [-0.3, -0.25) is 4.90 Å². The normalized spacial score (nSPS) is 17.0. The van der Waals surface area contributed by atoms with Crippen LogP contribution in [-0.4, -0.2) is 49.0 Å². The molecule has 0 saturated carbocycles. The zero-order valence-electron chi connectivity index (χ0n) is 8.89. The molecule has 86 valence electrons. The van der Waals surface area contributed by atoms with Crippen molar-refractivity contribution in [3.63, 3.8) is 0 Å². The summed E-state index contributed by atoms with van der Waals surface area (Å²) in [7, 11) is 0. The summed E-state index contributed by atoms with van der Waals surface area (Å²) in [6.07, 6.45) is 2.21. The molecule has 1 aliphatic rings. The van der Waals surface area contributed by atoms with Crippen LogP contribution in [0, 0.1) is 0 Å². The SMILES string of the molecule is O=C=Nc1cc(CCN2CCOCC2)no1. The molecule has 0 aliphatic carbocycles. The van der Waals surface area contributed by atoms with E-state index in [1.54, 1.807) is 6.07 Å². The van der Waals surface area contributed by atoms with E-state index < -0.39 is 0 Å². The molecule has 1 aromatic rings. The van der Waals surface area contributed by atoms with Crippen LogP contribution in [-0.2, 0) is 16.0 Å². The third kappa shape index (κ3) is 3.00. The van der Waals surface area contributed by atoms with Crippen LogP contribution < -0.4 is 0 Å². The maximum absolute atomic E-state index is 9.99. The van der Waals surface area contributed by atoms with Gasteiger partial charge in [0.25, 0.3) is 5.88 Å². The summed E-state index contributed by atoms with van der Waals surface area (Å²) in [6.45, 7) is 4.41. The van der Waals surface area contributed by atoms with Crippen LogP contribution in [0.15, 0.2) is 15.6 Å². The van der Waals surface area contributed by atoms with Crippen molar-refractivity contribution >= 4 is 12.0 Å². The van der Waals surface area contributed by atoms with E-state index in [-0.39, 0.29) is 5.88 Å². The average molecular weight is 223 g/mol. The second-order valence-electron chi connectivity index (χ2n) is 3.56. The number of nitrogens with zero attached hydrogens (tertiary/aromatic N) is 3. The zero-order valence-corrected chi connectivity index (χ0v) is 8.89. The lowest BCUT2D eigenvalue weighted by Gasteiger charge is -2.25. The van der Waals surface area contributed by atoms with E-state index in [1.807, 2.05) is 0 Å². The maximum Gasteiger partial charge on any atom is 0.261 e. The van der Waals surface area contributed by atoms with Crippen molar-refractivity contribution in [2.45, 2.75) is 6.42 Å². The standard InChI is InChI=1S/C10H13N3O3/c14-8-11-10-7-9(12-16-10)1-2-13-3-5-15-6-4-13/h7H,1-6H2. The predicted octanol–water partition coefficient (Wildman–Crippen LogP) is 0.517. The van der Waals surface area contributed by atoms with Crippen molar-refractivity contribution < 1.29 is 14.1 Å². The molecule has 1 aliphatic heterocycles. The van der Waals surface area contributed by atoms with Crippen LogP contribution in [0.25, 0.3) is 0 Å². The largest absolute Gasteiger partial charge is 0.379 e. The minimum Gasteiger partial charge on any atom is -0.379 e. The monoisotopic (exact) mass is 223 g/mol. The van der Waals surface area contributed by atoms with Crippen molar-refractivity contribution in [3.8, 4) is 0 Å². The van der Waals surface area contributed by atoms with Crippen LogP contribution in [0.4, 0.5) is 5.88 Å². The topological polar surface area (TPSA) is 67.9 Å². The summed E-state index contributed by atoms with van der Waals surface area (Å²) >= 11 is 0. The Bertz CT molecular complexity index is 378. The number of hydrogen-bond donors (Lipinski definition) is 0. The molecule has 0 atom stereocenters. The molecule has 0 spiro atoms.